The molecule has 0 aliphatic carbocycles. The van der Waals surface area contributed by atoms with Gasteiger partial charge in [-0.2, -0.15) is 15.4 Å². The van der Waals surface area contributed by atoms with Crippen molar-refractivity contribution in [3.8, 4) is 6.07 Å². The predicted molar refractivity (Wildman–Crippen MR) is 59.9 cm³/mol. The fraction of sp³-hybridized carbons (Fsp3) is 0. The summed E-state index contributed by atoms with van der Waals surface area (Å²) in [7, 11) is 0. The van der Waals surface area contributed by atoms with Crippen LogP contribution in [0.1, 0.15) is 0 Å². The van der Waals surface area contributed by atoms with Crippen LogP contribution in [0.5, 0.6) is 0 Å². The molecule has 0 bridgehead atoms. The fourth-order valence-corrected chi connectivity index (χ4v) is 1.72. The van der Waals surface area contributed by atoms with Gasteiger partial charge in [-0.25, -0.2) is 0 Å². The van der Waals surface area contributed by atoms with Crippen LogP contribution in [0.3, 0.4) is 0 Å². The van der Waals surface area contributed by atoms with Crippen LogP contribution in [0.4, 0.5) is 0 Å². The summed E-state index contributed by atoms with van der Waals surface area (Å²) in [6, 6.07) is 2.06. The lowest BCUT2D eigenvalue weighted by molar-refractivity contribution is 0.700. The summed E-state index contributed by atoms with van der Waals surface area (Å²) in [5.74, 6) is 0.875. The van der Waals surface area contributed by atoms with Crippen molar-refractivity contribution >= 4 is 11.7 Å². The van der Waals surface area contributed by atoms with E-state index in [1.54, 1.807) is 11.1 Å². The van der Waals surface area contributed by atoms with Gasteiger partial charge in [0.2, 0.25) is 5.84 Å². The van der Waals surface area contributed by atoms with Crippen molar-refractivity contribution in [1.82, 2.24) is 10.3 Å². The van der Waals surface area contributed by atoms with Gasteiger partial charge in [-0.15, -0.1) is 0 Å². The van der Waals surface area contributed by atoms with E-state index in [0.717, 1.165) is 11.3 Å². The first-order valence-corrected chi connectivity index (χ1v) is 4.77. The first-order valence-electron chi connectivity index (χ1n) is 4.77. The Hall–Kier alpha value is -2.61. The zero-order valence-corrected chi connectivity index (χ0v) is 8.25. The summed E-state index contributed by atoms with van der Waals surface area (Å²) in [5, 5.41) is 13.1. The Morgan fingerprint density at radius 2 is 2.25 bits per heavy atom. The quantitative estimate of drug-likeness (QED) is 0.647. The zero-order valence-electron chi connectivity index (χ0n) is 8.25. The van der Waals surface area contributed by atoms with Gasteiger partial charge in [0.05, 0.1) is 5.70 Å². The summed E-state index contributed by atoms with van der Waals surface area (Å²) < 4.78 is 0. The number of hydrogen-bond acceptors (Lipinski definition) is 5. The lowest BCUT2D eigenvalue weighted by Crippen LogP contribution is -2.32. The topological polar surface area (TPSA) is 63.8 Å². The molecule has 0 saturated carbocycles. The predicted octanol–water partition coefficient (Wildman–Crippen LogP) is 0.992. The molecular weight excluding hydrogens is 202 g/mol. The number of amidine groups is 2. The monoisotopic (exact) mass is 209 g/mol. The van der Waals surface area contributed by atoms with Crippen molar-refractivity contribution in [2.45, 2.75) is 0 Å². The number of nitrogens with zero attached hydrogens (tertiary/aromatic N) is 4. The van der Waals surface area contributed by atoms with Gasteiger partial charge in [0.1, 0.15) is 6.07 Å². The van der Waals surface area contributed by atoms with E-state index in [4.69, 9.17) is 5.26 Å². The number of hydrogen-bond donors (Lipinski definition) is 1. The standard InChI is InChI=1S/C11H7N5/c12-7-10-14-11-8(4-5-13-15-11)9-3-1-2-6-16(9)10/h1-6,13H. The van der Waals surface area contributed by atoms with E-state index in [-0.39, 0.29) is 0 Å². The van der Waals surface area contributed by atoms with Crippen LogP contribution in [-0.2, 0) is 0 Å². The maximum absolute atomic E-state index is 9.02. The maximum atomic E-state index is 9.02. The maximum Gasteiger partial charge on any atom is 0.219 e. The van der Waals surface area contributed by atoms with Crippen molar-refractivity contribution < 1.29 is 0 Å². The van der Waals surface area contributed by atoms with Crippen LogP contribution < -0.4 is 5.43 Å². The van der Waals surface area contributed by atoms with Gasteiger partial charge in [-0.1, -0.05) is 6.08 Å². The van der Waals surface area contributed by atoms with Gasteiger partial charge >= 0.3 is 0 Å². The van der Waals surface area contributed by atoms with Crippen LogP contribution in [0.25, 0.3) is 0 Å². The second-order valence-electron chi connectivity index (χ2n) is 3.31. The third-order valence-corrected chi connectivity index (χ3v) is 2.41. The number of nitriles is 1. The Kier molecular flexibility index (Phi) is 1.74. The van der Waals surface area contributed by atoms with Crippen LogP contribution in [0.15, 0.2) is 58.1 Å². The summed E-state index contributed by atoms with van der Waals surface area (Å²) in [5.41, 5.74) is 4.56. The van der Waals surface area contributed by atoms with Gasteiger partial charge in [0, 0.05) is 18.0 Å². The molecule has 0 aromatic carbocycles. The molecule has 5 nitrogen and oxygen atoms in total. The lowest BCUT2D eigenvalue weighted by Gasteiger charge is -2.28. The van der Waals surface area contributed by atoms with E-state index >= 15 is 0 Å². The molecule has 5 heteroatoms. The fourth-order valence-electron chi connectivity index (χ4n) is 1.72. The van der Waals surface area contributed by atoms with Crippen LogP contribution in [-0.4, -0.2) is 16.6 Å². The van der Waals surface area contributed by atoms with Crippen molar-refractivity contribution in [1.29, 1.82) is 5.26 Å². The second kappa shape index (κ2) is 3.21. The minimum absolute atomic E-state index is 0.329. The van der Waals surface area contributed by atoms with Gasteiger partial charge in [-0.3, -0.25) is 10.3 Å². The average molecular weight is 209 g/mol. The first-order chi connectivity index (χ1) is 7.90. The summed E-state index contributed by atoms with van der Waals surface area (Å²) in [6.45, 7) is 0. The molecule has 0 radical (unpaired) electrons. The van der Waals surface area contributed by atoms with E-state index < -0.39 is 0 Å². The largest absolute Gasteiger partial charge is 0.292 e. The van der Waals surface area contributed by atoms with Gasteiger partial charge < -0.3 is 0 Å². The Labute approximate surface area is 92.1 Å². The Morgan fingerprint density at radius 3 is 3.12 bits per heavy atom. The third-order valence-electron chi connectivity index (χ3n) is 2.41. The Morgan fingerprint density at radius 1 is 1.31 bits per heavy atom. The van der Waals surface area contributed by atoms with Gasteiger partial charge in [0.25, 0.3) is 0 Å². The molecule has 0 unspecified atom stereocenters. The van der Waals surface area contributed by atoms with E-state index in [2.05, 4.69) is 21.6 Å². The number of hydrazone groups is 1. The number of fused-ring (bicyclic) bond motifs is 2. The molecule has 0 amide bonds. The summed E-state index contributed by atoms with van der Waals surface area (Å²) in [4.78, 5) is 5.94. The Balaban J connectivity index is 2.21. The normalized spacial score (nSPS) is 20.6. The van der Waals surface area contributed by atoms with E-state index in [1.165, 1.54) is 0 Å². The highest BCUT2D eigenvalue weighted by Crippen LogP contribution is 2.25. The molecular formula is C11H7N5. The zero-order chi connectivity index (χ0) is 11.0. The molecule has 1 N–H and O–H groups in total. The highest BCUT2D eigenvalue weighted by molar-refractivity contribution is 6.16. The third kappa shape index (κ3) is 1.10. The van der Waals surface area contributed by atoms with Crippen molar-refractivity contribution in [3.63, 3.8) is 0 Å². The molecule has 0 aromatic heterocycles. The van der Waals surface area contributed by atoms with Crippen LogP contribution in [0.2, 0.25) is 0 Å². The molecule has 0 spiro atoms. The summed E-state index contributed by atoms with van der Waals surface area (Å²) >= 11 is 0. The lowest BCUT2D eigenvalue weighted by atomic mass is 10.1. The SMILES string of the molecule is N#CC1=NC2=NNC=CC2=C2C=CC=CN12. The molecule has 16 heavy (non-hydrogen) atoms. The molecule has 3 aliphatic heterocycles. The molecule has 3 aliphatic rings. The van der Waals surface area contributed by atoms with Gasteiger partial charge in [0.15, 0.2) is 5.84 Å². The minimum atomic E-state index is 0.329. The van der Waals surface area contributed by atoms with Crippen LogP contribution in [0, 0.1) is 11.3 Å². The van der Waals surface area contributed by atoms with Crippen molar-refractivity contribution in [2.75, 3.05) is 0 Å². The molecule has 0 atom stereocenters. The molecule has 76 valence electrons. The average Bonchev–Trinajstić information content (AvgIpc) is 2.38. The molecule has 0 fully saturated rings. The molecule has 0 saturated heterocycles. The first kappa shape index (κ1) is 8.68. The van der Waals surface area contributed by atoms with Crippen molar-refractivity contribution in [3.05, 3.63) is 48.0 Å². The summed E-state index contributed by atoms with van der Waals surface area (Å²) in [6.07, 6.45) is 11.2. The second-order valence-corrected chi connectivity index (χ2v) is 3.31. The number of allylic oxidation sites excluding steroid dienone is 3. The number of rotatable bonds is 0. The minimum Gasteiger partial charge on any atom is -0.292 e. The number of nitrogens with one attached hydrogen (secondary N) is 1. The van der Waals surface area contributed by atoms with Crippen LogP contribution >= 0.6 is 0 Å². The Bertz CT molecular complexity index is 566. The van der Waals surface area contributed by atoms with E-state index in [1.807, 2.05) is 30.5 Å². The molecule has 3 heterocycles. The van der Waals surface area contributed by atoms with Crippen molar-refractivity contribution in [2.24, 2.45) is 10.1 Å². The molecule has 0 aromatic rings. The van der Waals surface area contributed by atoms with E-state index in [0.29, 0.717) is 11.7 Å². The number of aliphatic imine (C=N–C) groups is 1. The smallest absolute Gasteiger partial charge is 0.219 e. The molecule has 3 rings (SSSR count). The highest BCUT2D eigenvalue weighted by Gasteiger charge is 2.25. The van der Waals surface area contributed by atoms with E-state index in [9.17, 15) is 0 Å². The highest BCUT2D eigenvalue weighted by atomic mass is 15.3. The van der Waals surface area contributed by atoms with Gasteiger partial charge in [-0.05, 0) is 18.2 Å².